The lowest BCUT2D eigenvalue weighted by Gasteiger charge is -2.08. The van der Waals surface area contributed by atoms with E-state index in [0.29, 0.717) is 23.7 Å². The molecule has 0 aliphatic carbocycles. The van der Waals surface area contributed by atoms with Crippen LogP contribution in [0.25, 0.3) is 4.85 Å². The number of hydrogen-bond donors (Lipinski definition) is 1. The van der Waals surface area contributed by atoms with Crippen LogP contribution in [0.1, 0.15) is 11.1 Å². The molecule has 2 rings (SSSR count). The number of ether oxygens (including phenoxy) is 1. The smallest absolute Gasteiger partial charge is 0.228 e. The lowest BCUT2D eigenvalue weighted by Crippen LogP contribution is -2.05. The Labute approximate surface area is 121 Å². The largest absolute Gasteiger partial charge is 0.472 e. The molecule has 0 saturated carbocycles. The first-order chi connectivity index (χ1) is 10.2. The van der Waals surface area contributed by atoms with Crippen LogP contribution in [0.15, 0.2) is 35.7 Å². The molecule has 0 saturated heterocycles. The average molecular weight is 283 g/mol. The molecule has 1 heterocycles. The molecule has 0 aliphatic rings. The topological polar surface area (TPSA) is 87.0 Å². The van der Waals surface area contributed by atoms with Gasteiger partial charge in [-0.1, -0.05) is 29.4 Å². The third kappa shape index (κ3) is 3.67. The molecule has 0 atom stereocenters. The molecule has 0 spiro atoms. The van der Waals surface area contributed by atoms with Crippen LogP contribution in [0.4, 0.5) is 11.5 Å². The standard InChI is InChI=1S/C14H13N5O2/c1-16-11-5-3-10(4-6-11)8-21-14-12(7-19-20-2)13(15)17-9-18-14/h3-7,9H,8H2,2H3,(H2,15,17,18). The van der Waals surface area contributed by atoms with E-state index in [2.05, 4.69) is 24.8 Å². The van der Waals surface area contributed by atoms with Crippen LogP contribution in [0.5, 0.6) is 5.88 Å². The molecule has 1 aromatic carbocycles. The van der Waals surface area contributed by atoms with E-state index in [9.17, 15) is 0 Å². The summed E-state index contributed by atoms with van der Waals surface area (Å²) in [5.41, 5.74) is 7.71. The Bertz CT molecular complexity index is 677. The monoisotopic (exact) mass is 283 g/mol. The van der Waals surface area contributed by atoms with Gasteiger partial charge >= 0.3 is 0 Å². The van der Waals surface area contributed by atoms with Crippen LogP contribution in [0, 0.1) is 6.57 Å². The Hall–Kier alpha value is -3.14. The van der Waals surface area contributed by atoms with Gasteiger partial charge in [0, 0.05) is 0 Å². The molecule has 7 nitrogen and oxygen atoms in total. The quantitative estimate of drug-likeness (QED) is 0.516. The van der Waals surface area contributed by atoms with Crippen molar-refractivity contribution in [1.29, 1.82) is 0 Å². The van der Waals surface area contributed by atoms with Crippen molar-refractivity contribution in [3.63, 3.8) is 0 Å². The molecular formula is C14H13N5O2. The van der Waals surface area contributed by atoms with E-state index in [4.69, 9.17) is 17.0 Å². The highest BCUT2D eigenvalue weighted by atomic mass is 16.6. The molecular weight excluding hydrogens is 270 g/mol. The fourth-order valence-electron chi connectivity index (χ4n) is 1.55. The third-order valence-corrected chi connectivity index (χ3v) is 2.61. The van der Waals surface area contributed by atoms with E-state index in [0.717, 1.165) is 5.56 Å². The fourth-order valence-corrected chi connectivity index (χ4v) is 1.55. The van der Waals surface area contributed by atoms with Gasteiger partial charge in [-0.25, -0.2) is 14.8 Å². The third-order valence-electron chi connectivity index (χ3n) is 2.61. The number of aromatic nitrogens is 2. The summed E-state index contributed by atoms with van der Waals surface area (Å²) < 4.78 is 5.62. The van der Waals surface area contributed by atoms with E-state index < -0.39 is 0 Å². The van der Waals surface area contributed by atoms with Crippen LogP contribution < -0.4 is 10.5 Å². The van der Waals surface area contributed by atoms with Gasteiger partial charge in [-0.05, 0) is 5.56 Å². The van der Waals surface area contributed by atoms with Gasteiger partial charge in [0.1, 0.15) is 31.4 Å². The maximum atomic E-state index is 6.90. The van der Waals surface area contributed by atoms with E-state index in [-0.39, 0.29) is 5.82 Å². The highest BCUT2D eigenvalue weighted by Crippen LogP contribution is 2.19. The SMILES string of the molecule is [C-]#[N+]c1ccc(COc2ncnc(N)c2C=NOC)cc1. The van der Waals surface area contributed by atoms with Crippen molar-refractivity contribution in [2.24, 2.45) is 5.16 Å². The van der Waals surface area contributed by atoms with E-state index in [1.165, 1.54) is 19.7 Å². The van der Waals surface area contributed by atoms with Gasteiger partial charge in [0.2, 0.25) is 5.88 Å². The Balaban J connectivity index is 2.14. The minimum atomic E-state index is 0.254. The predicted molar refractivity (Wildman–Crippen MR) is 78.1 cm³/mol. The van der Waals surface area contributed by atoms with Gasteiger partial charge in [-0.15, -0.1) is 0 Å². The summed E-state index contributed by atoms with van der Waals surface area (Å²) in [7, 11) is 1.43. The summed E-state index contributed by atoms with van der Waals surface area (Å²) in [6, 6.07) is 7.10. The number of hydrogen-bond acceptors (Lipinski definition) is 6. The van der Waals surface area contributed by atoms with Crippen molar-refractivity contribution in [2.45, 2.75) is 6.61 Å². The number of benzene rings is 1. The van der Waals surface area contributed by atoms with Crippen molar-refractivity contribution in [3.8, 4) is 5.88 Å². The van der Waals surface area contributed by atoms with Crippen molar-refractivity contribution >= 4 is 17.7 Å². The minimum Gasteiger partial charge on any atom is -0.472 e. The Morgan fingerprint density at radius 2 is 2.10 bits per heavy atom. The zero-order valence-electron chi connectivity index (χ0n) is 11.4. The summed E-state index contributed by atoms with van der Waals surface area (Å²) in [6.07, 6.45) is 2.71. The maximum absolute atomic E-state index is 6.90. The number of nitrogen functional groups attached to an aromatic ring is 1. The van der Waals surface area contributed by atoms with Crippen LogP contribution in [0.3, 0.4) is 0 Å². The van der Waals surface area contributed by atoms with E-state index in [1.807, 2.05) is 12.1 Å². The molecule has 21 heavy (non-hydrogen) atoms. The first kappa shape index (κ1) is 14.3. The van der Waals surface area contributed by atoms with Gasteiger partial charge in [0.15, 0.2) is 5.69 Å². The van der Waals surface area contributed by atoms with Crippen molar-refractivity contribution in [3.05, 3.63) is 53.1 Å². The Morgan fingerprint density at radius 3 is 2.76 bits per heavy atom. The Morgan fingerprint density at radius 1 is 1.33 bits per heavy atom. The molecule has 7 heteroatoms. The average Bonchev–Trinajstić information content (AvgIpc) is 2.52. The number of nitrogens with zero attached hydrogens (tertiary/aromatic N) is 4. The van der Waals surface area contributed by atoms with Crippen LogP contribution in [-0.2, 0) is 11.4 Å². The summed E-state index contributed by atoms with van der Waals surface area (Å²) in [6.45, 7) is 7.20. The van der Waals surface area contributed by atoms with Gasteiger partial charge in [-0.3, -0.25) is 0 Å². The van der Waals surface area contributed by atoms with Crippen LogP contribution in [-0.4, -0.2) is 23.3 Å². The summed E-state index contributed by atoms with van der Waals surface area (Å²) in [5, 5.41) is 3.64. The Kier molecular flexibility index (Phi) is 4.66. The first-order valence-corrected chi connectivity index (χ1v) is 6.00. The lowest BCUT2D eigenvalue weighted by molar-refractivity contribution is 0.215. The van der Waals surface area contributed by atoms with Gasteiger partial charge < -0.3 is 15.3 Å². The van der Waals surface area contributed by atoms with Gasteiger partial charge in [0.05, 0.1) is 12.8 Å². The second-order valence-electron chi connectivity index (χ2n) is 3.96. The molecule has 2 N–H and O–H groups in total. The zero-order chi connectivity index (χ0) is 15.1. The van der Waals surface area contributed by atoms with E-state index in [1.54, 1.807) is 12.1 Å². The molecule has 2 aromatic rings. The molecule has 0 radical (unpaired) electrons. The summed E-state index contributed by atoms with van der Waals surface area (Å²) >= 11 is 0. The molecule has 0 bridgehead atoms. The van der Waals surface area contributed by atoms with Crippen LogP contribution in [0.2, 0.25) is 0 Å². The normalized spacial score (nSPS) is 10.3. The molecule has 0 fully saturated rings. The van der Waals surface area contributed by atoms with Crippen molar-refractivity contribution in [2.75, 3.05) is 12.8 Å². The predicted octanol–water partition coefficient (Wildman–Crippen LogP) is 2.17. The second kappa shape index (κ2) is 6.86. The molecule has 0 aliphatic heterocycles. The number of anilines is 1. The number of rotatable bonds is 5. The molecule has 0 unspecified atom stereocenters. The fraction of sp³-hybridized carbons (Fsp3) is 0.143. The zero-order valence-corrected chi connectivity index (χ0v) is 11.4. The minimum absolute atomic E-state index is 0.254. The summed E-state index contributed by atoms with van der Waals surface area (Å²) in [5.74, 6) is 0.571. The van der Waals surface area contributed by atoms with Gasteiger partial charge in [0.25, 0.3) is 0 Å². The van der Waals surface area contributed by atoms with Crippen molar-refractivity contribution < 1.29 is 9.57 Å². The summed E-state index contributed by atoms with van der Waals surface area (Å²) in [4.78, 5) is 15.9. The maximum Gasteiger partial charge on any atom is 0.228 e. The van der Waals surface area contributed by atoms with Gasteiger partial charge in [-0.2, -0.15) is 0 Å². The number of oxime groups is 1. The molecule has 106 valence electrons. The highest BCUT2D eigenvalue weighted by Gasteiger charge is 2.09. The second-order valence-corrected chi connectivity index (χ2v) is 3.96. The lowest BCUT2D eigenvalue weighted by atomic mass is 10.2. The number of nitrogens with two attached hydrogens (primary N) is 1. The van der Waals surface area contributed by atoms with Crippen LogP contribution >= 0.6 is 0 Å². The first-order valence-electron chi connectivity index (χ1n) is 6.00. The molecule has 0 amide bonds. The van der Waals surface area contributed by atoms with Crippen molar-refractivity contribution in [1.82, 2.24) is 9.97 Å². The highest BCUT2D eigenvalue weighted by molar-refractivity contribution is 5.87. The van der Waals surface area contributed by atoms with E-state index >= 15 is 0 Å². The molecule has 1 aromatic heterocycles.